The van der Waals surface area contributed by atoms with Gasteiger partial charge in [-0.05, 0) is 17.5 Å². The number of fused-ring (bicyclic) bond motifs is 2. The smallest absolute Gasteiger partial charge is 0.268 e. The fraction of sp³-hybridized carbons (Fsp3) is 0.250. The molecule has 1 aromatic carbocycles. The van der Waals surface area contributed by atoms with E-state index in [4.69, 9.17) is 4.74 Å². The predicted molar refractivity (Wildman–Crippen MR) is 86.3 cm³/mol. The second-order valence-corrected chi connectivity index (χ2v) is 6.23. The summed E-state index contributed by atoms with van der Waals surface area (Å²) in [5.41, 5.74) is 1.88. The molecule has 0 amide bonds. The van der Waals surface area contributed by atoms with Crippen LogP contribution in [0.15, 0.2) is 40.5 Å². The van der Waals surface area contributed by atoms with E-state index in [1.807, 2.05) is 29.6 Å². The van der Waals surface area contributed by atoms with Gasteiger partial charge in [-0.15, -0.1) is 11.3 Å². The Kier molecular flexibility index (Phi) is 3.40. The van der Waals surface area contributed by atoms with Crippen molar-refractivity contribution in [3.8, 4) is 5.75 Å². The van der Waals surface area contributed by atoms with Crippen molar-refractivity contribution in [3.05, 3.63) is 57.5 Å². The summed E-state index contributed by atoms with van der Waals surface area (Å²) in [6.07, 6.45) is 0. The van der Waals surface area contributed by atoms with Crippen LogP contribution in [0.4, 0.5) is 0 Å². The summed E-state index contributed by atoms with van der Waals surface area (Å²) in [4.78, 5) is 21.7. The van der Waals surface area contributed by atoms with Gasteiger partial charge in [-0.2, -0.15) is 0 Å². The number of hydrogen-bond acceptors (Lipinski definition) is 5. The zero-order valence-corrected chi connectivity index (χ0v) is 12.7. The molecule has 0 saturated carbocycles. The summed E-state index contributed by atoms with van der Waals surface area (Å²) in [5.74, 6) is 1.65. The van der Waals surface area contributed by atoms with Crippen LogP contribution in [0.5, 0.6) is 5.75 Å². The van der Waals surface area contributed by atoms with Gasteiger partial charge in [-0.25, -0.2) is 4.98 Å². The molecule has 5 nitrogen and oxygen atoms in total. The summed E-state index contributed by atoms with van der Waals surface area (Å²) in [5, 5.41) is 1.90. The first-order valence-corrected chi connectivity index (χ1v) is 8.07. The predicted octanol–water partition coefficient (Wildman–Crippen LogP) is 2.38. The third-order valence-corrected chi connectivity index (χ3v) is 4.67. The van der Waals surface area contributed by atoms with Gasteiger partial charge >= 0.3 is 0 Å². The Hall–Kier alpha value is -2.18. The molecule has 6 heteroatoms. The highest BCUT2D eigenvalue weighted by molar-refractivity contribution is 7.17. The lowest BCUT2D eigenvalue weighted by Crippen LogP contribution is -2.27. The Morgan fingerprint density at radius 2 is 2.23 bits per heavy atom. The average molecular weight is 313 g/mol. The maximum Gasteiger partial charge on any atom is 0.268 e. The normalized spacial score (nSPS) is 15.3. The van der Waals surface area contributed by atoms with Gasteiger partial charge in [0.2, 0.25) is 0 Å². The average Bonchev–Trinajstić information content (AvgIpc) is 2.88. The highest BCUT2D eigenvalue weighted by atomic mass is 32.1. The number of thiophene rings is 1. The number of para-hydroxylation sites is 1. The van der Waals surface area contributed by atoms with Gasteiger partial charge in [0, 0.05) is 18.7 Å². The second kappa shape index (κ2) is 5.55. The van der Waals surface area contributed by atoms with E-state index >= 15 is 0 Å². The van der Waals surface area contributed by atoms with Gasteiger partial charge in [-0.1, -0.05) is 18.2 Å². The van der Waals surface area contributed by atoms with Crippen LogP contribution in [0.1, 0.15) is 11.4 Å². The fourth-order valence-corrected chi connectivity index (χ4v) is 3.45. The minimum Gasteiger partial charge on any atom is -0.492 e. The Labute approximate surface area is 131 Å². The molecule has 0 aliphatic carbocycles. The molecule has 22 heavy (non-hydrogen) atoms. The zero-order valence-electron chi connectivity index (χ0n) is 11.9. The number of aromatic nitrogens is 2. The zero-order chi connectivity index (χ0) is 14.9. The van der Waals surface area contributed by atoms with Crippen LogP contribution in [-0.2, 0) is 13.1 Å². The first kappa shape index (κ1) is 13.5. The van der Waals surface area contributed by atoms with E-state index in [-0.39, 0.29) is 5.56 Å². The van der Waals surface area contributed by atoms with Crippen molar-refractivity contribution >= 4 is 21.6 Å². The summed E-state index contributed by atoms with van der Waals surface area (Å²) in [7, 11) is 0. The quantitative estimate of drug-likeness (QED) is 0.789. The van der Waals surface area contributed by atoms with Gasteiger partial charge in [0.15, 0.2) is 0 Å². The molecular weight excluding hydrogens is 298 g/mol. The van der Waals surface area contributed by atoms with E-state index in [0.717, 1.165) is 24.4 Å². The molecule has 0 atom stereocenters. The number of nitrogens with zero attached hydrogens (tertiary/aromatic N) is 2. The molecule has 0 spiro atoms. The van der Waals surface area contributed by atoms with Gasteiger partial charge in [0.05, 0.1) is 12.1 Å². The third kappa shape index (κ3) is 2.51. The lowest BCUT2D eigenvalue weighted by atomic mass is 10.2. The summed E-state index contributed by atoms with van der Waals surface area (Å²) in [6.45, 7) is 2.85. The van der Waals surface area contributed by atoms with Crippen molar-refractivity contribution in [2.75, 3.05) is 13.2 Å². The highest BCUT2D eigenvalue weighted by Crippen LogP contribution is 2.23. The molecule has 1 aliphatic heterocycles. The molecule has 2 aromatic heterocycles. The van der Waals surface area contributed by atoms with Crippen LogP contribution >= 0.6 is 11.3 Å². The molecule has 1 N–H and O–H groups in total. The van der Waals surface area contributed by atoms with Crippen LogP contribution in [0, 0.1) is 0 Å². The first-order valence-electron chi connectivity index (χ1n) is 7.19. The fourth-order valence-electron chi connectivity index (χ4n) is 2.72. The summed E-state index contributed by atoms with van der Waals surface area (Å²) in [6, 6.07) is 9.96. The SMILES string of the molecule is O=c1[nH]c(CN2CCOc3ccccc3C2)nc2ccsc12. The van der Waals surface area contributed by atoms with Crippen LogP contribution in [-0.4, -0.2) is 28.0 Å². The Morgan fingerprint density at radius 3 is 3.18 bits per heavy atom. The minimum absolute atomic E-state index is 0.0542. The Morgan fingerprint density at radius 1 is 1.32 bits per heavy atom. The summed E-state index contributed by atoms with van der Waals surface area (Å²) < 4.78 is 6.45. The molecule has 0 radical (unpaired) electrons. The lowest BCUT2D eigenvalue weighted by molar-refractivity contribution is 0.215. The number of benzene rings is 1. The monoisotopic (exact) mass is 313 g/mol. The maximum absolute atomic E-state index is 12.0. The van der Waals surface area contributed by atoms with Crippen LogP contribution in [0.2, 0.25) is 0 Å². The van der Waals surface area contributed by atoms with Crippen molar-refractivity contribution in [3.63, 3.8) is 0 Å². The number of hydrogen-bond donors (Lipinski definition) is 1. The second-order valence-electron chi connectivity index (χ2n) is 5.31. The van der Waals surface area contributed by atoms with Crippen LogP contribution in [0.3, 0.4) is 0 Å². The molecule has 0 saturated heterocycles. The molecule has 1 aliphatic rings. The largest absolute Gasteiger partial charge is 0.492 e. The summed E-state index contributed by atoms with van der Waals surface area (Å²) >= 11 is 1.42. The van der Waals surface area contributed by atoms with Crippen LogP contribution < -0.4 is 10.3 Å². The van der Waals surface area contributed by atoms with E-state index in [2.05, 4.69) is 20.9 Å². The molecule has 4 rings (SSSR count). The highest BCUT2D eigenvalue weighted by Gasteiger charge is 2.16. The standard InChI is InChI=1S/C16H15N3O2S/c20-16-15-12(5-8-22-15)17-14(18-16)10-19-6-7-21-13-4-2-1-3-11(13)9-19/h1-5,8H,6-7,9-10H2,(H,17,18,20). The lowest BCUT2D eigenvalue weighted by Gasteiger charge is -2.18. The van der Waals surface area contributed by atoms with Gasteiger partial charge in [0.25, 0.3) is 5.56 Å². The number of aromatic amines is 1. The van der Waals surface area contributed by atoms with Gasteiger partial charge < -0.3 is 9.72 Å². The molecule has 0 fully saturated rings. The maximum atomic E-state index is 12.0. The van der Waals surface area contributed by atoms with Crippen molar-refractivity contribution in [2.45, 2.75) is 13.1 Å². The molecule has 112 valence electrons. The van der Waals surface area contributed by atoms with E-state index < -0.39 is 0 Å². The van der Waals surface area contributed by atoms with E-state index in [1.54, 1.807) is 0 Å². The van der Waals surface area contributed by atoms with Crippen molar-refractivity contribution in [1.82, 2.24) is 14.9 Å². The topological polar surface area (TPSA) is 58.2 Å². The first-order chi connectivity index (χ1) is 10.8. The minimum atomic E-state index is -0.0542. The number of nitrogens with one attached hydrogen (secondary N) is 1. The Bertz CT molecular complexity index is 871. The molecular formula is C16H15N3O2S. The van der Waals surface area contributed by atoms with E-state index in [0.29, 0.717) is 23.7 Å². The Balaban J connectivity index is 1.61. The third-order valence-electron chi connectivity index (χ3n) is 3.77. The number of ether oxygens (including phenoxy) is 1. The molecule has 3 aromatic rings. The van der Waals surface area contributed by atoms with E-state index in [1.165, 1.54) is 16.9 Å². The van der Waals surface area contributed by atoms with Crippen LogP contribution in [0.25, 0.3) is 10.2 Å². The van der Waals surface area contributed by atoms with Crippen molar-refractivity contribution < 1.29 is 4.74 Å². The van der Waals surface area contributed by atoms with Gasteiger partial charge in [-0.3, -0.25) is 9.69 Å². The van der Waals surface area contributed by atoms with Gasteiger partial charge in [0.1, 0.15) is 22.9 Å². The number of rotatable bonds is 2. The van der Waals surface area contributed by atoms with Crippen molar-refractivity contribution in [1.29, 1.82) is 0 Å². The van der Waals surface area contributed by atoms with Crippen molar-refractivity contribution in [2.24, 2.45) is 0 Å². The molecule has 0 unspecified atom stereocenters. The molecule has 3 heterocycles. The number of H-pyrrole nitrogens is 1. The molecule has 0 bridgehead atoms. The van der Waals surface area contributed by atoms with E-state index in [9.17, 15) is 4.79 Å².